The van der Waals surface area contributed by atoms with Crippen molar-refractivity contribution in [2.75, 3.05) is 13.6 Å². The molecule has 6 heteroatoms. The van der Waals surface area contributed by atoms with E-state index < -0.39 is 10.0 Å². The average molecular weight is 305 g/mol. The van der Waals surface area contributed by atoms with Gasteiger partial charge in [0.1, 0.15) is 0 Å². The second-order valence-corrected chi connectivity index (χ2v) is 6.44. The molecule has 0 fully saturated rings. The van der Waals surface area contributed by atoms with Gasteiger partial charge in [-0.3, -0.25) is 4.98 Å². The lowest BCUT2D eigenvalue weighted by molar-refractivity contribution is 0.581. The van der Waals surface area contributed by atoms with Crippen LogP contribution in [0.3, 0.4) is 0 Å². The first-order valence-electron chi connectivity index (χ1n) is 6.74. The van der Waals surface area contributed by atoms with Gasteiger partial charge in [0.25, 0.3) is 0 Å². The highest BCUT2D eigenvalue weighted by Crippen LogP contribution is 2.11. The van der Waals surface area contributed by atoms with Gasteiger partial charge < -0.3 is 5.32 Å². The standard InChI is InChI=1S/C15H19N3O2S/c1-16-9-6-13-2-4-15(5-3-13)21(19,20)18-12-14-7-10-17-11-8-14/h2-5,7-8,10-11,16,18H,6,9,12H2,1H3. The molecular weight excluding hydrogens is 286 g/mol. The number of rotatable bonds is 7. The maximum absolute atomic E-state index is 12.2. The second-order valence-electron chi connectivity index (χ2n) is 4.68. The third-order valence-electron chi connectivity index (χ3n) is 3.11. The lowest BCUT2D eigenvalue weighted by Crippen LogP contribution is -2.23. The van der Waals surface area contributed by atoms with E-state index in [9.17, 15) is 8.42 Å². The molecule has 0 radical (unpaired) electrons. The largest absolute Gasteiger partial charge is 0.319 e. The summed E-state index contributed by atoms with van der Waals surface area (Å²) in [5, 5.41) is 3.06. The summed E-state index contributed by atoms with van der Waals surface area (Å²) in [5.41, 5.74) is 1.98. The Hall–Kier alpha value is -1.76. The van der Waals surface area contributed by atoms with Crippen molar-refractivity contribution in [3.63, 3.8) is 0 Å². The summed E-state index contributed by atoms with van der Waals surface area (Å²) in [6.45, 7) is 1.12. The molecule has 0 spiro atoms. The van der Waals surface area contributed by atoms with Gasteiger partial charge in [0.15, 0.2) is 0 Å². The number of hydrogen-bond donors (Lipinski definition) is 2. The molecule has 0 aliphatic rings. The number of nitrogens with one attached hydrogen (secondary N) is 2. The van der Waals surface area contributed by atoms with Gasteiger partial charge in [0.05, 0.1) is 4.90 Å². The van der Waals surface area contributed by atoms with Crippen molar-refractivity contribution >= 4 is 10.0 Å². The van der Waals surface area contributed by atoms with Crippen LogP contribution in [-0.2, 0) is 23.0 Å². The van der Waals surface area contributed by atoms with Crippen molar-refractivity contribution in [1.29, 1.82) is 0 Å². The van der Waals surface area contributed by atoms with Crippen LogP contribution in [0.2, 0.25) is 0 Å². The molecule has 2 rings (SSSR count). The normalized spacial score (nSPS) is 11.5. The summed E-state index contributed by atoms with van der Waals surface area (Å²) in [5.74, 6) is 0. The van der Waals surface area contributed by atoms with E-state index in [1.54, 1.807) is 36.7 Å². The Morgan fingerprint density at radius 3 is 2.29 bits per heavy atom. The molecular formula is C15H19N3O2S. The lowest BCUT2D eigenvalue weighted by Gasteiger charge is -2.08. The van der Waals surface area contributed by atoms with Crippen LogP contribution in [0.15, 0.2) is 53.7 Å². The zero-order chi connectivity index (χ0) is 15.1. The number of likely N-dealkylation sites (N-methyl/N-ethyl adjacent to an activating group) is 1. The topological polar surface area (TPSA) is 71.1 Å². The van der Waals surface area contributed by atoms with Gasteiger partial charge >= 0.3 is 0 Å². The Labute approximate surface area is 125 Å². The van der Waals surface area contributed by atoms with Crippen molar-refractivity contribution in [3.05, 3.63) is 59.9 Å². The zero-order valence-electron chi connectivity index (χ0n) is 11.9. The first kappa shape index (κ1) is 15.6. The predicted octanol–water partition coefficient (Wildman–Crippen LogP) is 1.32. The van der Waals surface area contributed by atoms with Crippen LogP contribution in [0, 0.1) is 0 Å². The maximum atomic E-state index is 12.2. The van der Waals surface area contributed by atoms with Gasteiger partial charge in [-0.25, -0.2) is 13.1 Å². The van der Waals surface area contributed by atoms with Crippen molar-refractivity contribution in [2.24, 2.45) is 0 Å². The molecule has 2 N–H and O–H groups in total. The Balaban J connectivity index is 2.02. The van der Waals surface area contributed by atoms with E-state index >= 15 is 0 Å². The van der Waals surface area contributed by atoms with Crippen LogP contribution < -0.4 is 10.0 Å². The molecule has 21 heavy (non-hydrogen) atoms. The van der Waals surface area contributed by atoms with Crippen LogP contribution in [-0.4, -0.2) is 27.0 Å². The van der Waals surface area contributed by atoms with Crippen molar-refractivity contribution in [1.82, 2.24) is 15.0 Å². The Morgan fingerprint density at radius 2 is 1.67 bits per heavy atom. The smallest absolute Gasteiger partial charge is 0.240 e. The third kappa shape index (κ3) is 4.63. The fourth-order valence-electron chi connectivity index (χ4n) is 1.87. The van der Waals surface area contributed by atoms with Gasteiger partial charge in [-0.05, 0) is 55.4 Å². The molecule has 1 aromatic carbocycles. The van der Waals surface area contributed by atoms with Crippen LogP contribution in [0.1, 0.15) is 11.1 Å². The summed E-state index contributed by atoms with van der Waals surface area (Å²) in [6.07, 6.45) is 4.15. The van der Waals surface area contributed by atoms with Crippen molar-refractivity contribution in [2.45, 2.75) is 17.9 Å². The highest BCUT2D eigenvalue weighted by molar-refractivity contribution is 7.89. The number of pyridine rings is 1. The molecule has 0 bridgehead atoms. The van der Waals surface area contributed by atoms with Gasteiger partial charge in [-0.2, -0.15) is 0 Å². The molecule has 0 saturated heterocycles. The van der Waals surface area contributed by atoms with Gasteiger partial charge in [0.2, 0.25) is 10.0 Å². The molecule has 0 aliphatic carbocycles. The Kier molecular flexibility index (Phi) is 5.44. The van der Waals surface area contributed by atoms with Crippen molar-refractivity contribution in [3.8, 4) is 0 Å². The summed E-state index contributed by atoms with van der Waals surface area (Å²) in [6, 6.07) is 10.5. The van der Waals surface area contributed by atoms with Crippen LogP contribution in [0.5, 0.6) is 0 Å². The Morgan fingerprint density at radius 1 is 1.00 bits per heavy atom. The minimum absolute atomic E-state index is 0.256. The predicted molar refractivity (Wildman–Crippen MR) is 82.3 cm³/mol. The quantitative estimate of drug-likeness (QED) is 0.809. The third-order valence-corrected chi connectivity index (χ3v) is 4.53. The fourth-order valence-corrected chi connectivity index (χ4v) is 2.88. The summed E-state index contributed by atoms with van der Waals surface area (Å²) >= 11 is 0. The van der Waals surface area contributed by atoms with Crippen LogP contribution >= 0.6 is 0 Å². The molecule has 1 heterocycles. The average Bonchev–Trinajstić information content (AvgIpc) is 2.52. The maximum Gasteiger partial charge on any atom is 0.240 e. The molecule has 1 aromatic heterocycles. The Bertz CT molecular complexity index is 655. The minimum Gasteiger partial charge on any atom is -0.319 e. The SMILES string of the molecule is CNCCc1ccc(S(=O)(=O)NCc2ccncc2)cc1. The van der Waals surface area contributed by atoms with E-state index in [1.165, 1.54) is 0 Å². The number of sulfonamides is 1. The number of hydrogen-bond acceptors (Lipinski definition) is 4. The molecule has 0 atom stereocenters. The van der Waals surface area contributed by atoms with E-state index in [4.69, 9.17) is 0 Å². The van der Waals surface area contributed by atoms with Crippen molar-refractivity contribution < 1.29 is 8.42 Å². The van der Waals surface area contributed by atoms with E-state index in [0.29, 0.717) is 0 Å². The molecule has 0 unspecified atom stereocenters. The molecule has 2 aromatic rings. The molecule has 0 saturated carbocycles. The van der Waals surface area contributed by atoms with Crippen LogP contribution in [0.4, 0.5) is 0 Å². The first-order valence-corrected chi connectivity index (χ1v) is 8.22. The van der Waals surface area contributed by atoms with E-state index in [1.807, 2.05) is 19.2 Å². The van der Waals surface area contributed by atoms with Gasteiger partial charge in [-0.15, -0.1) is 0 Å². The van der Waals surface area contributed by atoms with Gasteiger partial charge in [0, 0.05) is 18.9 Å². The van der Waals surface area contributed by atoms with E-state index in [0.717, 1.165) is 24.1 Å². The number of aromatic nitrogens is 1. The van der Waals surface area contributed by atoms with Crippen LogP contribution in [0.25, 0.3) is 0 Å². The molecule has 5 nitrogen and oxygen atoms in total. The number of nitrogens with zero attached hydrogens (tertiary/aromatic N) is 1. The van der Waals surface area contributed by atoms with E-state index in [2.05, 4.69) is 15.0 Å². The van der Waals surface area contributed by atoms with E-state index in [-0.39, 0.29) is 11.4 Å². The minimum atomic E-state index is -3.48. The monoisotopic (exact) mass is 305 g/mol. The second kappa shape index (κ2) is 7.31. The first-order chi connectivity index (χ1) is 10.1. The zero-order valence-corrected chi connectivity index (χ0v) is 12.7. The summed E-state index contributed by atoms with van der Waals surface area (Å²) < 4.78 is 27.0. The molecule has 0 aliphatic heterocycles. The van der Waals surface area contributed by atoms with Gasteiger partial charge in [-0.1, -0.05) is 12.1 Å². The fraction of sp³-hybridized carbons (Fsp3) is 0.267. The highest BCUT2D eigenvalue weighted by Gasteiger charge is 2.13. The lowest BCUT2D eigenvalue weighted by atomic mass is 10.1. The highest BCUT2D eigenvalue weighted by atomic mass is 32.2. The summed E-state index contributed by atoms with van der Waals surface area (Å²) in [7, 11) is -1.59. The summed E-state index contributed by atoms with van der Waals surface area (Å²) in [4.78, 5) is 4.18. The number of benzene rings is 1. The molecule has 112 valence electrons. The molecule has 0 amide bonds.